The van der Waals surface area contributed by atoms with E-state index in [-0.39, 0.29) is 0 Å². The molecule has 0 fully saturated rings. The minimum Gasteiger partial charge on any atom is -0.292 e. The molecule has 0 spiro atoms. The van der Waals surface area contributed by atoms with Gasteiger partial charge in [0.1, 0.15) is 5.38 Å². The van der Waals surface area contributed by atoms with E-state index in [0.29, 0.717) is 16.1 Å². The maximum Gasteiger partial charge on any atom is 0.289 e. The van der Waals surface area contributed by atoms with Gasteiger partial charge in [-0.25, -0.2) is 13.1 Å². The average molecular weight is 479 g/mol. The lowest BCUT2D eigenvalue weighted by Gasteiger charge is -2.23. The summed E-state index contributed by atoms with van der Waals surface area (Å²) in [4.78, 5) is 22.9. The van der Waals surface area contributed by atoms with Crippen LogP contribution in [0.4, 0.5) is 5.69 Å². The number of nitro benzene ring substituents is 1. The molecule has 0 aliphatic rings. The van der Waals surface area contributed by atoms with Crippen LogP contribution in [0.2, 0.25) is 5.02 Å². The quantitative estimate of drug-likeness (QED) is 0.217. The minimum absolute atomic E-state index is 0.298. The monoisotopic (exact) mass is 478 g/mol. The summed E-state index contributed by atoms with van der Waals surface area (Å²) in [6.07, 6.45) is 0. The van der Waals surface area contributed by atoms with Crippen molar-refractivity contribution in [2.45, 2.75) is 16.3 Å². The smallest absolute Gasteiger partial charge is 0.289 e. The van der Waals surface area contributed by atoms with Crippen LogP contribution in [0, 0.1) is 10.1 Å². The second-order valence-corrected chi connectivity index (χ2v) is 9.10. The van der Waals surface area contributed by atoms with Gasteiger partial charge in [-0.15, -0.1) is 11.6 Å². The number of carbonyl (C=O) groups excluding carboxylic acids is 1. The van der Waals surface area contributed by atoms with Gasteiger partial charge in [0.05, 0.1) is 11.0 Å². The van der Waals surface area contributed by atoms with Crippen LogP contribution in [0.1, 0.15) is 22.0 Å². The Morgan fingerprint density at radius 3 is 2.13 bits per heavy atom. The summed E-state index contributed by atoms with van der Waals surface area (Å²) in [6, 6.07) is 18.0. The molecule has 3 aromatic carbocycles. The highest BCUT2D eigenvalue weighted by molar-refractivity contribution is 7.89. The van der Waals surface area contributed by atoms with E-state index in [1.54, 1.807) is 30.3 Å². The average Bonchev–Trinajstić information content (AvgIpc) is 2.78. The molecule has 3 rings (SSSR count). The Bertz CT molecular complexity index is 1200. The zero-order valence-electron chi connectivity index (χ0n) is 15.8. The zero-order chi connectivity index (χ0) is 22.6. The van der Waals surface area contributed by atoms with Crippen LogP contribution < -0.4 is 4.72 Å². The highest BCUT2D eigenvalue weighted by Gasteiger charge is 2.34. The molecule has 0 amide bonds. The Hall–Kier alpha value is -2.78. The number of hydrogen-bond donors (Lipinski definition) is 1. The number of sulfonamides is 1. The van der Waals surface area contributed by atoms with Crippen molar-refractivity contribution in [3.8, 4) is 0 Å². The van der Waals surface area contributed by atoms with Crippen LogP contribution >= 0.6 is 23.2 Å². The van der Waals surface area contributed by atoms with Crippen LogP contribution in [0.25, 0.3) is 0 Å². The topological polar surface area (TPSA) is 106 Å². The van der Waals surface area contributed by atoms with Crippen molar-refractivity contribution in [3.05, 3.63) is 105 Å². The van der Waals surface area contributed by atoms with Crippen molar-refractivity contribution in [2.24, 2.45) is 0 Å². The Morgan fingerprint density at radius 2 is 1.52 bits per heavy atom. The summed E-state index contributed by atoms with van der Waals surface area (Å²) in [6.45, 7) is 0. The molecule has 3 aromatic rings. The number of nitro groups is 1. The molecular formula is C21H16Cl2N2O5S. The summed E-state index contributed by atoms with van der Waals surface area (Å²) < 4.78 is 28.5. The minimum atomic E-state index is -4.42. The number of benzene rings is 3. The molecular weight excluding hydrogens is 463 g/mol. The standard InChI is InChI=1S/C21H16Cl2N2O5S/c22-16-12-10-14(11-13-16)20(19(23)21(26)15-6-2-1-3-7-15)24-31(29,30)18-9-5-4-8-17(18)25(27)28/h1-13,19-20,24H/t19-,20-/m1/s1. The van der Waals surface area contributed by atoms with Gasteiger partial charge in [0, 0.05) is 16.7 Å². The fourth-order valence-corrected chi connectivity index (χ4v) is 4.89. The van der Waals surface area contributed by atoms with Crippen LogP contribution in [-0.4, -0.2) is 24.5 Å². The molecule has 7 nitrogen and oxygen atoms in total. The molecule has 2 atom stereocenters. The molecule has 0 aliphatic carbocycles. The molecule has 160 valence electrons. The lowest BCUT2D eigenvalue weighted by atomic mass is 9.98. The zero-order valence-corrected chi connectivity index (χ0v) is 18.1. The SMILES string of the molecule is O=C(c1ccccc1)[C@H](Cl)[C@H](NS(=O)(=O)c1ccccc1[N+](=O)[O-])c1ccc(Cl)cc1. The molecule has 0 aliphatic heterocycles. The Morgan fingerprint density at radius 1 is 0.935 bits per heavy atom. The van der Waals surface area contributed by atoms with Gasteiger partial charge in [-0.1, -0.05) is 66.2 Å². The number of hydrogen-bond acceptors (Lipinski definition) is 5. The molecule has 10 heteroatoms. The maximum atomic E-state index is 13.1. The predicted octanol–water partition coefficient (Wildman–Crippen LogP) is 4.76. The van der Waals surface area contributed by atoms with Gasteiger partial charge in [0.15, 0.2) is 10.7 Å². The van der Waals surface area contributed by atoms with Crippen LogP contribution in [0.3, 0.4) is 0 Å². The number of nitrogens with one attached hydrogen (secondary N) is 1. The van der Waals surface area contributed by atoms with Gasteiger partial charge >= 0.3 is 0 Å². The van der Waals surface area contributed by atoms with Gasteiger partial charge in [-0.05, 0) is 23.8 Å². The van der Waals surface area contributed by atoms with Gasteiger partial charge in [0.25, 0.3) is 5.69 Å². The van der Waals surface area contributed by atoms with Crippen molar-refractivity contribution in [3.63, 3.8) is 0 Å². The summed E-state index contributed by atoms with van der Waals surface area (Å²) in [5, 5.41) is 10.4. The molecule has 0 saturated heterocycles. The largest absolute Gasteiger partial charge is 0.292 e. The first kappa shape index (κ1) is 22.9. The van der Waals surface area contributed by atoms with E-state index < -0.39 is 42.7 Å². The lowest BCUT2D eigenvalue weighted by molar-refractivity contribution is -0.387. The molecule has 0 radical (unpaired) electrons. The number of carbonyl (C=O) groups is 1. The number of halogens is 2. The van der Waals surface area contributed by atoms with Gasteiger partial charge in [0.2, 0.25) is 10.0 Å². The van der Waals surface area contributed by atoms with Crippen molar-refractivity contribution >= 4 is 44.7 Å². The van der Waals surface area contributed by atoms with Crippen LogP contribution in [0.5, 0.6) is 0 Å². The van der Waals surface area contributed by atoms with Gasteiger partial charge in [-0.3, -0.25) is 14.9 Å². The van der Waals surface area contributed by atoms with Crippen molar-refractivity contribution < 1.29 is 18.1 Å². The van der Waals surface area contributed by atoms with Crippen molar-refractivity contribution in [2.75, 3.05) is 0 Å². The molecule has 0 saturated carbocycles. The third-order valence-corrected chi connectivity index (χ3v) is 6.65. The number of ketones is 1. The van der Waals surface area contributed by atoms with Gasteiger partial charge in [-0.2, -0.15) is 0 Å². The van der Waals surface area contributed by atoms with E-state index in [9.17, 15) is 23.3 Å². The maximum absolute atomic E-state index is 13.1. The number of alkyl halides is 1. The van der Waals surface area contributed by atoms with E-state index in [2.05, 4.69) is 4.72 Å². The highest BCUT2D eigenvalue weighted by atomic mass is 35.5. The van der Waals surface area contributed by atoms with E-state index >= 15 is 0 Å². The third-order valence-electron chi connectivity index (χ3n) is 4.46. The number of para-hydroxylation sites is 1. The molecule has 1 N–H and O–H groups in total. The molecule has 0 bridgehead atoms. The Kier molecular flexibility index (Phi) is 7.07. The van der Waals surface area contributed by atoms with E-state index in [1.165, 1.54) is 36.4 Å². The summed E-state index contributed by atoms with van der Waals surface area (Å²) in [5.74, 6) is -0.507. The van der Waals surface area contributed by atoms with Crippen molar-refractivity contribution in [1.29, 1.82) is 0 Å². The van der Waals surface area contributed by atoms with Crippen LogP contribution in [0.15, 0.2) is 83.8 Å². The first-order valence-electron chi connectivity index (χ1n) is 8.95. The first-order valence-corrected chi connectivity index (χ1v) is 11.2. The number of Topliss-reactive ketones (excluding diaryl/α,β-unsaturated/α-hetero) is 1. The van der Waals surface area contributed by atoms with Gasteiger partial charge < -0.3 is 0 Å². The van der Waals surface area contributed by atoms with Crippen molar-refractivity contribution in [1.82, 2.24) is 4.72 Å². The van der Waals surface area contributed by atoms with E-state index in [1.807, 2.05) is 0 Å². The second-order valence-electron chi connectivity index (χ2n) is 6.51. The fraction of sp³-hybridized carbons (Fsp3) is 0.0952. The highest BCUT2D eigenvalue weighted by Crippen LogP contribution is 2.30. The number of rotatable bonds is 8. The summed E-state index contributed by atoms with van der Waals surface area (Å²) >= 11 is 12.4. The third kappa shape index (κ3) is 5.29. The molecule has 0 unspecified atom stereocenters. The first-order chi connectivity index (χ1) is 14.7. The Labute approximate surface area is 188 Å². The number of nitrogens with zero attached hydrogens (tertiary/aromatic N) is 1. The lowest BCUT2D eigenvalue weighted by Crippen LogP contribution is -2.38. The predicted molar refractivity (Wildman–Crippen MR) is 118 cm³/mol. The second kappa shape index (κ2) is 9.57. The van der Waals surface area contributed by atoms with E-state index in [0.717, 1.165) is 12.1 Å². The fourth-order valence-electron chi connectivity index (χ4n) is 2.95. The molecule has 0 aromatic heterocycles. The van der Waals surface area contributed by atoms with E-state index in [4.69, 9.17) is 23.2 Å². The Balaban J connectivity index is 2.04. The summed E-state index contributed by atoms with van der Waals surface area (Å²) in [5.41, 5.74) is 0.0764. The normalized spacial score (nSPS) is 13.4. The molecule has 31 heavy (non-hydrogen) atoms. The summed E-state index contributed by atoms with van der Waals surface area (Å²) in [7, 11) is -4.42. The molecule has 0 heterocycles. The van der Waals surface area contributed by atoms with Crippen LogP contribution in [-0.2, 0) is 10.0 Å².